The monoisotopic (exact) mass is 332 g/mol. The molecule has 0 aromatic heterocycles. The van der Waals surface area contributed by atoms with E-state index in [1.165, 1.54) is 0 Å². The van der Waals surface area contributed by atoms with Crippen LogP contribution in [0.15, 0.2) is 36.4 Å². The molecule has 2 aromatic carbocycles. The quantitative estimate of drug-likeness (QED) is 0.881. The van der Waals surface area contributed by atoms with Crippen LogP contribution in [0.5, 0.6) is 23.0 Å². The molecule has 5 heteroatoms. The number of methoxy groups -OCH3 is 1. The zero-order chi connectivity index (χ0) is 16.4. The third kappa shape index (κ3) is 3.34. The van der Waals surface area contributed by atoms with E-state index in [9.17, 15) is 5.11 Å². The van der Waals surface area contributed by atoms with Crippen molar-refractivity contribution in [3.8, 4) is 23.0 Å². The van der Waals surface area contributed by atoms with Gasteiger partial charge in [0.05, 0.1) is 12.4 Å². The summed E-state index contributed by atoms with van der Waals surface area (Å²) in [6.07, 6.45) is 0. The third-order valence-corrected chi connectivity index (χ3v) is 4.97. The predicted molar refractivity (Wildman–Crippen MR) is 91.8 cm³/mol. The van der Waals surface area contributed by atoms with E-state index in [4.69, 9.17) is 14.2 Å². The van der Waals surface area contributed by atoms with Gasteiger partial charge in [0.2, 0.25) is 6.79 Å². The molecule has 0 radical (unpaired) electrons. The van der Waals surface area contributed by atoms with E-state index in [0.29, 0.717) is 16.7 Å². The van der Waals surface area contributed by atoms with E-state index in [1.54, 1.807) is 24.9 Å². The topological polar surface area (TPSA) is 47.9 Å². The van der Waals surface area contributed by atoms with E-state index < -0.39 is 0 Å². The molecule has 0 amide bonds. The van der Waals surface area contributed by atoms with Crippen molar-refractivity contribution in [2.24, 2.45) is 0 Å². The Morgan fingerprint density at radius 3 is 2.35 bits per heavy atom. The Morgan fingerprint density at radius 1 is 1.09 bits per heavy atom. The molecule has 1 aliphatic heterocycles. The highest BCUT2D eigenvalue weighted by Gasteiger charge is 2.24. The van der Waals surface area contributed by atoms with Crippen molar-refractivity contribution in [1.82, 2.24) is 0 Å². The van der Waals surface area contributed by atoms with E-state index in [1.807, 2.05) is 30.3 Å². The molecular formula is C18H20O4S. The highest BCUT2D eigenvalue weighted by atomic mass is 32.2. The Hall–Kier alpha value is -2.01. The molecule has 1 unspecified atom stereocenters. The highest BCUT2D eigenvalue weighted by Crippen LogP contribution is 2.47. The lowest BCUT2D eigenvalue weighted by Gasteiger charge is -2.21. The maximum absolute atomic E-state index is 10.4. The zero-order valence-corrected chi connectivity index (χ0v) is 14.2. The highest BCUT2D eigenvalue weighted by molar-refractivity contribution is 8.00. The molecule has 1 atom stereocenters. The van der Waals surface area contributed by atoms with Crippen LogP contribution in [0.4, 0.5) is 0 Å². The van der Waals surface area contributed by atoms with Gasteiger partial charge in [0.15, 0.2) is 11.5 Å². The molecule has 23 heavy (non-hydrogen) atoms. The van der Waals surface area contributed by atoms with Gasteiger partial charge in [-0.15, -0.1) is 11.8 Å². The van der Waals surface area contributed by atoms with Crippen LogP contribution < -0.4 is 14.2 Å². The summed E-state index contributed by atoms with van der Waals surface area (Å²) in [4.78, 5) is 0. The van der Waals surface area contributed by atoms with Gasteiger partial charge in [0.25, 0.3) is 0 Å². The number of rotatable bonds is 5. The van der Waals surface area contributed by atoms with Gasteiger partial charge in [-0.2, -0.15) is 0 Å². The fourth-order valence-corrected chi connectivity index (χ4v) is 3.73. The molecule has 0 bridgehead atoms. The Labute approximate surface area is 140 Å². The second-order valence-electron chi connectivity index (χ2n) is 5.60. The second kappa shape index (κ2) is 6.62. The molecule has 0 aliphatic carbocycles. The third-order valence-electron chi connectivity index (χ3n) is 3.63. The molecule has 1 N–H and O–H groups in total. The number of aromatic hydroxyl groups is 1. The number of thioether (sulfide) groups is 1. The van der Waals surface area contributed by atoms with Gasteiger partial charge in [-0.05, 0) is 29.0 Å². The van der Waals surface area contributed by atoms with Crippen LogP contribution in [-0.4, -0.2) is 24.3 Å². The van der Waals surface area contributed by atoms with Crippen LogP contribution >= 0.6 is 11.8 Å². The van der Waals surface area contributed by atoms with Crippen molar-refractivity contribution in [2.75, 3.05) is 13.9 Å². The summed E-state index contributed by atoms with van der Waals surface area (Å²) in [6, 6.07) is 11.4. The minimum absolute atomic E-state index is 0.00964. The first-order chi connectivity index (χ1) is 11.1. The molecular weight excluding hydrogens is 312 g/mol. The molecule has 4 nitrogen and oxygen atoms in total. The minimum atomic E-state index is 0.00964. The van der Waals surface area contributed by atoms with Gasteiger partial charge in [-0.3, -0.25) is 0 Å². The first-order valence-electron chi connectivity index (χ1n) is 7.50. The fraction of sp³-hybridized carbons (Fsp3) is 0.333. The lowest BCUT2D eigenvalue weighted by Crippen LogP contribution is -2.02. The second-order valence-corrected chi connectivity index (χ2v) is 7.29. The SMILES string of the molecule is COc1ccc(C(SC(C)C)c2cc3c(cc2O)OCO3)cc1. The number of phenolic OH excluding ortho intramolecular Hbond substituents is 1. The Morgan fingerprint density at radius 2 is 1.74 bits per heavy atom. The van der Waals surface area contributed by atoms with Crippen molar-refractivity contribution >= 4 is 11.8 Å². The maximum atomic E-state index is 10.4. The zero-order valence-electron chi connectivity index (χ0n) is 13.4. The Bertz CT molecular complexity index is 682. The van der Waals surface area contributed by atoms with Crippen molar-refractivity contribution in [3.63, 3.8) is 0 Å². The van der Waals surface area contributed by atoms with Gasteiger partial charge in [-0.25, -0.2) is 0 Å². The van der Waals surface area contributed by atoms with Crippen molar-refractivity contribution in [1.29, 1.82) is 0 Å². The van der Waals surface area contributed by atoms with Gasteiger partial charge in [0.1, 0.15) is 11.5 Å². The maximum Gasteiger partial charge on any atom is 0.231 e. The first-order valence-corrected chi connectivity index (χ1v) is 8.44. The molecule has 2 aromatic rings. The number of benzene rings is 2. The van der Waals surface area contributed by atoms with E-state index in [-0.39, 0.29) is 17.8 Å². The molecule has 0 fully saturated rings. The summed E-state index contributed by atoms with van der Waals surface area (Å²) in [5, 5.41) is 10.9. The van der Waals surface area contributed by atoms with Crippen LogP contribution in [-0.2, 0) is 0 Å². The standard InChI is InChI=1S/C18H20O4S/c1-11(2)23-18(12-4-6-13(20-3)7-5-12)14-8-16-17(9-15(14)19)22-10-21-16/h4-9,11,18-19H,10H2,1-3H3. The minimum Gasteiger partial charge on any atom is -0.507 e. The van der Waals surface area contributed by atoms with Gasteiger partial charge in [0, 0.05) is 11.6 Å². The average Bonchev–Trinajstić information content (AvgIpc) is 2.99. The number of hydrogen-bond donors (Lipinski definition) is 1. The molecule has 3 rings (SSSR count). The van der Waals surface area contributed by atoms with Crippen molar-refractivity contribution < 1.29 is 19.3 Å². The normalized spacial score (nSPS) is 14.1. The fourth-order valence-electron chi connectivity index (χ4n) is 2.54. The van der Waals surface area contributed by atoms with Crippen molar-refractivity contribution in [2.45, 2.75) is 24.3 Å². The Kier molecular flexibility index (Phi) is 4.57. The predicted octanol–water partition coefficient (Wildman–Crippen LogP) is 4.36. The summed E-state index contributed by atoms with van der Waals surface area (Å²) in [7, 11) is 1.65. The van der Waals surface area contributed by atoms with Crippen LogP contribution in [0.25, 0.3) is 0 Å². The van der Waals surface area contributed by atoms with E-state index in [2.05, 4.69) is 13.8 Å². The summed E-state index contributed by atoms with van der Waals surface area (Å²) in [5.74, 6) is 2.31. The summed E-state index contributed by atoms with van der Waals surface area (Å²) < 4.78 is 16.0. The van der Waals surface area contributed by atoms with Crippen LogP contribution in [0.2, 0.25) is 0 Å². The van der Waals surface area contributed by atoms with Gasteiger partial charge < -0.3 is 19.3 Å². The van der Waals surface area contributed by atoms with Crippen LogP contribution in [0, 0.1) is 0 Å². The van der Waals surface area contributed by atoms with Crippen LogP contribution in [0.1, 0.15) is 30.2 Å². The summed E-state index contributed by atoms with van der Waals surface area (Å²) in [6.45, 7) is 4.49. The summed E-state index contributed by atoms with van der Waals surface area (Å²) >= 11 is 1.78. The number of fused-ring (bicyclic) bond motifs is 1. The van der Waals surface area contributed by atoms with Gasteiger partial charge >= 0.3 is 0 Å². The average molecular weight is 332 g/mol. The van der Waals surface area contributed by atoms with Gasteiger partial charge in [-0.1, -0.05) is 26.0 Å². The smallest absolute Gasteiger partial charge is 0.231 e. The lowest BCUT2D eigenvalue weighted by atomic mass is 10.0. The molecule has 0 spiro atoms. The Balaban J connectivity index is 2.01. The van der Waals surface area contributed by atoms with Crippen molar-refractivity contribution in [3.05, 3.63) is 47.5 Å². The number of hydrogen-bond acceptors (Lipinski definition) is 5. The van der Waals surface area contributed by atoms with E-state index in [0.717, 1.165) is 16.9 Å². The molecule has 0 saturated heterocycles. The van der Waals surface area contributed by atoms with Crippen LogP contribution in [0.3, 0.4) is 0 Å². The summed E-state index contributed by atoms with van der Waals surface area (Å²) in [5.41, 5.74) is 1.94. The first kappa shape index (κ1) is 15.9. The van der Waals surface area contributed by atoms with E-state index >= 15 is 0 Å². The molecule has 1 heterocycles. The number of ether oxygens (including phenoxy) is 3. The molecule has 122 valence electrons. The largest absolute Gasteiger partial charge is 0.507 e. The molecule has 1 aliphatic rings. The molecule has 0 saturated carbocycles. The lowest BCUT2D eigenvalue weighted by molar-refractivity contribution is 0.174. The number of phenols is 1.